The van der Waals surface area contributed by atoms with Gasteiger partial charge in [-0.15, -0.1) is 0 Å². The van der Waals surface area contributed by atoms with Crippen molar-refractivity contribution in [2.45, 2.75) is 18.7 Å². The molecule has 0 bridgehead atoms. The number of rotatable bonds is 7. The van der Waals surface area contributed by atoms with Gasteiger partial charge in [-0.3, -0.25) is 4.79 Å². The summed E-state index contributed by atoms with van der Waals surface area (Å²) < 4.78 is 33.8. The van der Waals surface area contributed by atoms with Crippen LogP contribution in [0, 0.1) is 6.92 Å². The monoisotopic (exact) mass is 591 g/mol. The Morgan fingerprint density at radius 3 is 2.41 bits per heavy atom. The lowest BCUT2D eigenvalue weighted by Crippen LogP contribution is -2.50. The Kier molecular flexibility index (Phi) is 8.43. The molecule has 1 aromatic heterocycles. The number of ether oxygens (including phenoxy) is 1. The topological polar surface area (TPSA) is 112 Å². The zero-order valence-corrected chi connectivity index (χ0v) is 24.3. The lowest BCUT2D eigenvalue weighted by molar-refractivity contribution is 0.0933. The highest BCUT2D eigenvalue weighted by Gasteiger charge is 2.31. The van der Waals surface area contributed by atoms with Crippen molar-refractivity contribution in [2.75, 3.05) is 37.8 Å². The van der Waals surface area contributed by atoms with Crippen LogP contribution in [0.3, 0.4) is 0 Å². The number of anilines is 1. The van der Waals surface area contributed by atoms with Crippen LogP contribution in [0.2, 0.25) is 0 Å². The largest absolute Gasteiger partial charge is 0.450 e. The van der Waals surface area contributed by atoms with Crippen LogP contribution in [0.4, 0.5) is 9.93 Å². The number of hydrogen-bond acceptors (Lipinski definition) is 8. The zero-order valence-electron chi connectivity index (χ0n) is 22.6. The van der Waals surface area contributed by atoms with E-state index in [1.807, 2.05) is 55.5 Å². The summed E-state index contributed by atoms with van der Waals surface area (Å²) in [6, 6.07) is 21.1. The molecule has 12 heteroatoms. The highest BCUT2D eigenvalue weighted by Crippen LogP contribution is 2.31. The summed E-state index contributed by atoms with van der Waals surface area (Å²) in [5.74, 6) is -0.444. The lowest BCUT2D eigenvalue weighted by atomic mass is 10.2. The maximum atomic E-state index is 13.7. The fourth-order valence-electron chi connectivity index (χ4n) is 4.33. The molecule has 4 aromatic rings. The highest BCUT2D eigenvalue weighted by atomic mass is 32.2. The van der Waals surface area contributed by atoms with Gasteiger partial charge in [0, 0.05) is 31.7 Å². The van der Waals surface area contributed by atoms with Crippen LogP contribution in [-0.2, 0) is 14.8 Å². The number of benzene rings is 3. The minimum absolute atomic E-state index is 0.0634. The van der Waals surface area contributed by atoms with Gasteiger partial charge in [0.2, 0.25) is 15.2 Å². The van der Waals surface area contributed by atoms with Crippen molar-refractivity contribution >= 4 is 54.9 Å². The second kappa shape index (κ2) is 12.2. The molecule has 0 spiro atoms. The van der Waals surface area contributed by atoms with Crippen LogP contribution in [0.15, 0.2) is 82.8 Å². The van der Waals surface area contributed by atoms with E-state index in [4.69, 9.17) is 4.74 Å². The first-order valence-corrected chi connectivity index (χ1v) is 15.3. The Labute approximate surface area is 242 Å². The molecule has 0 N–H and O–H groups in total. The van der Waals surface area contributed by atoms with E-state index in [1.165, 1.54) is 49.8 Å². The van der Waals surface area contributed by atoms with Gasteiger partial charge in [-0.1, -0.05) is 47.7 Å². The van der Waals surface area contributed by atoms with Crippen molar-refractivity contribution in [3.63, 3.8) is 0 Å². The molecule has 1 aliphatic rings. The first-order chi connectivity index (χ1) is 19.8. The van der Waals surface area contributed by atoms with E-state index in [-0.39, 0.29) is 43.2 Å². The average Bonchev–Trinajstić information content (AvgIpc) is 3.40. The number of hydrazone groups is 1. The number of amides is 2. The molecule has 5 rings (SSSR count). The smallest absolute Gasteiger partial charge is 0.409 e. The SMILES string of the molecule is CCOC(=O)N1CCN(S(=O)(=O)c2ccc(C(=O)N(/N=C/c3ccccc3)c3nc4ccc(C)cc4s3)cc2)CC1. The van der Waals surface area contributed by atoms with E-state index in [0.29, 0.717) is 5.13 Å². The second-order valence-corrected chi connectivity index (χ2v) is 12.3. The third-order valence-electron chi connectivity index (χ3n) is 6.53. The number of aromatic nitrogens is 1. The number of nitrogens with zero attached hydrogens (tertiary/aromatic N) is 5. The first kappa shape index (κ1) is 28.4. The predicted octanol–water partition coefficient (Wildman–Crippen LogP) is 4.75. The van der Waals surface area contributed by atoms with Gasteiger partial charge in [0.25, 0.3) is 5.91 Å². The Morgan fingerprint density at radius 1 is 1.02 bits per heavy atom. The van der Waals surface area contributed by atoms with Gasteiger partial charge in [-0.25, -0.2) is 18.2 Å². The van der Waals surface area contributed by atoms with Gasteiger partial charge in [-0.2, -0.15) is 14.4 Å². The number of hydrogen-bond donors (Lipinski definition) is 0. The summed E-state index contributed by atoms with van der Waals surface area (Å²) in [6.45, 7) is 4.76. The molecule has 0 aliphatic carbocycles. The van der Waals surface area contributed by atoms with E-state index < -0.39 is 22.0 Å². The molecule has 1 fully saturated rings. The predicted molar refractivity (Wildman–Crippen MR) is 159 cm³/mol. The number of fused-ring (bicyclic) bond motifs is 1. The lowest BCUT2D eigenvalue weighted by Gasteiger charge is -2.33. The van der Waals surface area contributed by atoms with Crippen molar-refractivity contribution < 1.29 is 22.7 Å². The molecular formula is C29H29N5O5S2. The zero-order chi connectivity index (χ0) is 29.0. The molecule has 1 aliphatic heterocycles. The number of carbonyl (C=O) groups is 2. The molecule has 3 aromatic carbocycles. The van der Waals surface area contributed by atoms with Gasteiger partial charge in [-0.05, 0) is 61.4 Å². The van der Waals surface area contributed by atoms with Gasteiger partial charge in [0.15, 0.2) is 0 Å². The molecule has 212 valence electrons. The minimum Gasteiger partial charge on any atom is -0.450 e. The molecule has 0 atom stereocenters. The molecule has 0 radical (unpaired) electrons. The maximum absolute atomic E-state index is 13.7. The number of piperazine rings is 1. The van der Waals surface area contributed by atoms with Crippen LogP contribution in [-0.4, -0.2) is 73.6 Å². The maximum Gasteiger partial charge on any atom is 0.409 e. The quantitative estimate of drug-likeness (QED) is 0.227. The summed E-state index contributed by atoms with van der Waals surface area (Å²) in [5, 5.41) is 6.12. The van der Waals surface area contributed by atoms with Crippen LogP contribution in [0.1, 0.15) is 28.4 Å². The van der Waals surface area contributed by atoms with Crippen molar-refractivity contribution in [2.24, 2.45) is 5.10 Å². The third-order valence-corrected chi connectivity index (χ3v) is 9.44. The van der Waals surface area contributed by atoms with Crippen LogP contribution >= 0.6 is 11.3 Å². The fourth-order valence-corrected chi connectivity index (χ4v) is 6.77. The molecular weight excluding hydrogens is 562 g/mol. The Bertz CT molecular complexity index is 1680. The molecule has 2 amide bonds. The molecule has 0 unspecified atom stereocenters. The number of aryl methyl sites for hydroxylation is 1. The Morgan fingerprint density at radius 2 is 1.73 bits per heavy atom. The Hall–Kier alpha value is -4.13. The van der Waals surface area contributed by atoms with E-state index in [2.05, 4.69) is 10.1 Å². The van der Waals surface area contributed by atoms with Crippen molar-refractivity contribution in [1.82, 2.24) is 14.2 Å². The van der Waals surface area contributed by atoms with E-state index in [1.54, 1.807) is 13.1 Å². The molecule has 0 saturated carbocycles. The second-order valence-electron chi connectivity index (χ2n) is 9.35. The Balaban J connectivity index is 1.38. The summed E-state index contributed by atoms with van der Waals surface area (Å²) in [5.41, 5.74) is 2.91. The van der Waals surface area contributed by atoms with Crippen molar-refractivity contribution in [3.05, 3.63) is 89.5 Å². The molecule has 2 heterocycles. The number of sulfonamides is 1. The van der Waals surface area contributed by atoms with E-state index >= 15 is 0 Å². The first-order valence-electron chi connectivity index (χ1n) is 13.1. The van der Waals surface area contributed by atoms with Crippen LogP contribution in [0.25, 0.3) is 10.2 Å². The molecule has 1 saturated heterocycles. The van der Waals surface area contributed by atoms with Crippen LogP contribution in [0.5, 0.6) is 0 Å². The van der Waals surface area contributed by atoms with E-state index in [0.717, 1.165) is 21.3 Å². The summed E-state index contributed by atoms with van der Waals surface area (Å²) in [7, 11) is -3.82. The van der Waals surface area contributed by atoms with Crippen LogP contribution < -0.4 is 5.01 Å². The summed E-state index contributed by atoms with van der Waals surface area (Å²) in [4.78, 5) is 31.8. The summed E-state index contributed by atoms with van der Waals surface area (Å²) >= 11 is 1.35. The van der Waals surface area contributed by atoms with E-state index in [9.17, 15) is 18.0 Å². The fraction of sp³-hybridized carbons (Fsp3) is 0.241. The molecule has 41 heavy (non-hydrogen) atoms. The van der Waals surface area contributed by atoms with Crippen molar-refractivity contribution in [3.8, 4) is 0 Å². The number of carbonyl (C=O) groups excluding carboxylic acids is 2. The minimum atomic E-state index is -3.82. The molecule has 10 nitrogen and oxygen atoms in total. The van der Waals surface area contributed by atoms with Crippen molar-refractivity contribution in [1.29, 1.82) is 0 Å². The van der Waals surface area contributed by atoms with Gasteiger partial charge >= 0.3 is 6.09 Å². The standard InChI is InChI=1S/C29H29N5O5S2/c1-3-39-29(36)32-15-17-33(18-16-32)41(37,38)24-12-10-23(11-13-24)27(35)34(30-20-22-7-5-4-6-8-22)28-31-25-14-9-21(2)19-26(25)40-28/h4-14,19-20H,3,15-18H2,1-2H3/b30-20+. The van der Waals surface area contributed by atoms with Gasteiger partial charge < -0.3 is 9.64 Å². The summed E-state index contributed by atoms with van der Waals surface area (Å²) in [6.07, 6.45) is 1.14. The average molecular weight is 592 g/mol. The normalized spacial score (nSPS) is 14.4. The number of thiazole rings is 1. The van der Waals surface area contributed by atoms with Gasteiger partial charge in [0.05, 0.1) is 27.9 Å². The highest BCUT2D eigenvalue weighted by molar-refractivity contribution is 7.89. The van der Waals surface area contributed by atoms with Gasteiger partial charge in [0.1, 0.15) is 0 Å². The third kappa shape index (κ3) is 6.29.